The van der Waals surface area contributed by atoms with Gasteiger partial charge < -0.3 is 9.47 Å². The van der Waals surface area contributed by atoms with Gasteiger partial charge in [0.15, 0.2) is 0 Å². The molecule has 0 amide bonds. The number of nitriles is 2. The van der Waals surface area contributed by atoms with Crippen LogP contribution in [0.15, 0.2) is 42.5 Å². The normalized spacial score (nSPS) is 11.1. The quantitative estimate of drug-likeness (QED) is 0.846. The lowest BCUT2D eigenvalue weighted by molar-refractivity contribution is 0.390. The highest BCUT2D eigenvalue weighted by atomic mass is 16.5. The van der Waals surface area contributed by atoms with Crippen molar-refractivity contribution in [1.29, 1.82) is 10.5 Å². The van der Waals surface area contributed by atoms with Gasteiger partial charge in [0, 0.05) is 11.6 Å². The van der Waals surface area contributed by atoms with Gasteiger partial charge in [-0.05, 0) is 30.2 Å². The van der Waals surface area contributed by atoms with Crippen molar-refractivity contribution in [3.05, 3.63) is 59.2 Å². The molecule has 0 saturated carbocycles. The van der Waals surface area contributed by atoms with E-state index in [0.29, 0.717) is 23.5 Å². The van der Waals surface area contributed by atoms with Gasteiger partial charge in [-0.3, -0.25) is 0 Å². The first-order valence-corrected chi connectivity index (χ1v) is 6.82. The van der Waals surface area contributed by atoms with Crippen molar-refractivity contribution in [1.82, 2.24) is 0 Å². The zero-order chi connectivity index (χ0) is 15.9. The fourth-order valence-corrected chi connectivity index (χ4v) is 2.34. The number of benzene rings is 2. The Bertz CT molecular complexity index is 741. The minimum absolute atomic E-state index is 0.352. The van der Waals surface area contributed by atoms with Gasteiger partial charge in [0.05, 0.1) is 37.8 Å². The van der Waals surface area contributed by atoms with E-state index >= 15 is 0 Å². The Morgan fingerprint density at radius 2 is 1.86 bits per heavy atom. The van der Waals surface area contributed by atoms with Crippen LogP contribution in [0.5, 0.6) is 11.5 Å². The third kappa shape index (κ3) is 3.37. The summed E-state index contributed by atoms with van der Waals surface area (Å²) in [6.07, 6.45) is 0.523. The molecule has 2 aromatic rings. The molecule has 0 aliphatic heterocycles. The zero-order valence-electron chi connectivity index (χ0n) is 12.5. The van der Waals surface area contributed by atoms with Crippen LogP contribution in [0.25, 0.3) is 0 Å². The molecular formula is C18H16N2O2. The van der Waals surface area contributed by atoms with Gasteiger partial charge in [0.2, 0.25) is 0 Å². The molecule has 110 valence electrons. The van der Waals surface area contributed by atoms with Crippen molar-refractivity contribution in [2.24, 2.45) is 0 Å². The topological polar surface area (TPSA) is 66.0 Å². The van der Waals surface area contributed by atoms with Crippen LogP contribution >= 0.6 is 0 Å². The molecule has 0 fully saturated rings. The lowest BCUT2D eigenvalue weighted by atomic mass is 9.92. The highest BCUT2D eigenvalue weighted by molar-refractivity contribution is 5.45. The molecule has 0 aliphatic carbocycles. The summed E-state index contributed by atoms with van der Waals surface area (Å²) in [6.45, 7) is 0. The minimum atomic E-state index is -0.352. The summed E-state index contributed by atoms with van der Waals surface area (Å²) in [6, 6.07) is 17.2. The standard InChI is InChI=1S/C18H16N2O2/c1-21-16-6-7-17(18(10-16)22-2)15(12-20)9-13-4-3-5-14(8-13)11-19/h3-8,10,15H,9H2,1-2H3. The Hall–Kier alpha value is -2.98. The molecule has 2 aromatic carbocycles. The van der Waals surface area contributed by atoms with Crippen molar-refractivity contribution < 1.29 is 9.47 Å². The molecule has 0 radical (unpaired) electrons. The Kier molecular flexibility index (Phi) is 5.01. The Morgan fingerprint density at radius 1 is 1.05 bits per heavy atom. The summed E-state index contributed by atoms with van der Waals surface area (Å²) in [4.78, 5) is 0. The van der Waals surface area contributed by atoms with Crippen LogP contribution in [0.3, 0.4) is 0 Å². The van der Waals surface area contributed by atoms with Crippen LogP contribution in [0.2, 0.25) is 0 Å². The Labute approximate surface area is 130 Å². The van der Waals surface area contributed by atoms with Crippen molar-refractivity contribution in [3.63, 3.8) is 0 Å². The highest BCUT2D eigenvalue weighted by Gasteiger charge is 2.17. The number of ether oxygens (including phenoxy) is 2. The van der Waals surface area contributed by atoms with Crippen LogP contribution in [0.4, 0.5) is 0 Å². The average Bonchev–Trinajstić information content (AvgIpc) is 2.59. The number of rotatable bonds is 5. The maximum absolute atomic E-state index is 9.51. The maximum Gasteiger partial charge on any atom is 0.127 e. The van der Waals surface area contributed by atoms with Crippen LogP contribution in [0, 0.1) is 22.7 Å². The van der Waals surface area contributed by atoms with Gasteiger partial charge >= 0.3 is 0 Å². The molecule has 1 unspecified atom stereocenters. The summed E-state index contributed by atoms with van der Waals surface area (Å²) in [5, 5.41) is 18.5. The van der Waals surface area contributed by atoms with Crippen LogP contribution in [0.1, 0.15) is 22.6 Å². The summed E-state index contributed by atoms with van der Waals surface area (Å²) in [5.41, 5.74) is 2.35. The van der Waals surface area contributed by atoms with Crippen LogP contribution in [-0.2, 0) is 6.42 Å². The molecule has 1 atom stereocenters. The monoisotopic (exact) mass is 292 g/mol. The van der Waals surface area contributed by atoms with E-state index in [-0.39, 0.29) is 5.92 Å². The van der Waals surface area contributed by atoms with Crippen molar-refractivity contribution in [2.75, 3.05) is 14.2 Å². The first-order valence-electron chi connectivity index (χ1n) is 6.82. The van der Waals surface area contributed by atoms with E-state index in [1.807, 2.05) is 24.3 Å². The second-order valence-electron chi connectivity index (χ2n) is 4.81. The predicted octanol–water partition coefficient (Wildman–Crippen LogP) is 3.43. The second kappa shape index (κ2) is 7.15. The second-order valence-corrected chi connectivity index (χ2v) is 4.81. The fourth-order valence-electron chi connectivity index (χ4n) is 2.34. The van der Waals surface area contributed by atoms with Gasteiger partial charge in [-0.25, -0.2) is 0 Å². The minimum Gasteiger partial charge on any atom is -0.497 e. The molecule has 0 aromatic heterocycles. The van der Waals surface area contributed by atoms with Crippen molar-refractivity contribution in [2.45, 2.75) is 12.3 Å². The van der Waals surface area contributed by atoms with Gasteiger partial charge in [0.1, 0.15) is 11.5 Å². The van der Waals surface area contributed by atoms with E-state index < -0.39 is 0 Å². The summed E-state index contributed by atoms with van der Waals surface area (Å²) in [5.74, 6) is 0.959. The van der Waals surface area contributed by atoms with E-state index in [1.165, 1.54) is 0 Å². The van der Waals surface area contributed by atoms with E-state index in [0.717, 1.165) is 11.1 Å². The Balaban J connectivity index is 2.32. The maximum atomic E-state index is 9.51. The number of methoxy groups -OCH3 is 2. The van der Waals surface area contributed by atoms with Crippen molar-refractivity contribution in [3.8, 4) is 23.6 Å². The van der Waals surface area contributed by atoms with E-state index in [2.05, 4.69) is 12.1 Å². The van der Waals surface area contributed by atoms with Gasteiger partial charge in [-0.15, -0.1) is 0 Å². The molecule has 4 heteroatoms. The zero-order valence-corrected chi connectivity index (χ0v) is 12.5. The number of hydrogen-bond donors (Lipinski definition) is 0. The third-order valence-corrected chi connectivity index (χ3v) is 3.47. The summed E-state index contributed by atoms with van der Waals surface area (Å²) < 4.78 is 10.5. The summed E-state index contributed by atoms with van der Waals surface area (Å²) >= 11 is 0. The Morgan fingerprint density at radius 3 is 2.50 bits per heavy atom. The first kappa shape index (κ1) is 15.4. The third-order valence-electron chi connectivity index (χ3n) is 3.47. The lowest BCUT2D eigenvalue weighted by Crippen LogP contribution is -2.03. The molecule has 0 aliphatic rings. The molecule has 0 saturated heterocycles. The van der Waals surface area contributed by atoms with Gasteiger partial charge in [-0.2, -0.15) is 10.5 Å². The molecule has 0 bridgehead atoms. The molecule has 0 N–H and O–H groups in total. The van der Waals surface area contributed by atoms with Crippen LogP contribution in [-0.4, -0.2) is 14.2 Å². The van der Waals surface area contributed by atoms with Gasteiger partial charge in [0.25, 0.3) is 0 Å². The molecule has 0 heterocycles. The van der Waals surface area contributed by atoms with E-state index in [4.69, 9.17) is 14.7 Å². The molecule has 0 spiro atoms. The smallest absolute Gasteiger partial charge is 0.127 e. The highest BCUT2D eigenvalue weighted by Crippen LogP contribution is 2.32. The molecule has 4 nitrogen and oxygen atoms in total. The molecule has 2 rings (SSSR count). The van der Waals surface area contributed by atoms with E-state index in [1.54, 1.807) is 32.4 Å². The lowest BCUT2D eigenvalue weighted by Gasteiger charge is -2.15. The SMILES string of the molecule is COc1ccc(C(C#N)Cc2cccc(C#N)c2)c(OC)c1. The summed E-state index contributed by atoms with van der Waals surface area (Å²) in [7, 11) is 3.16. The average molecular weight is 292 g/mol. The van der Waals surface area contributed by atoms with Gasteiger partial charge in [-0.1, -0.05) is 18.2 Å². The largest absolute Gasteiger partial charge is 0.497 e. The predicted molar refractivity (Wildman–Crippen MR) is 82.8 cm³/mol. The number of nitrogens with zero attached hydrogens (tertiary/aromatic N) is 2. The number of hydrogen-bond acceptors (Lipinski definition) is 4. The first-order chi connectivity index (χ1) is 10.7. The van der Waals surface area contributed by atoms with Crippen molar-refractivity contribution >= 4 is 0 Å². The molecular weight excluding hydrogens is 276 g/mol. The molecule has 22 heavy (non-hydrogen) atoms. The fraction of sp³-hybridized carbons (Fsp3) is 0.222. The van der Waals surface area contributed by atoms with E-state index in [9.17, 15) is 5.26 Å². The van der Waals surface area contributed by atoms with Crippen LogP contribution < -0.4 is 9.47 Å².